The molecule has 1 aliphatic rings. The Bertz CT molecular complexity index is 1220. The molecule has 0 bridgehead atoms. The van der Waals surface area contributed by atoms with Gasteiger partial charge in [-0.15, -0.1) is 0 Å². The molecule has 8 nitrogen and oxygen atoms in total. The normalized spacial score (nSPS) is 14.9. The lowest BCUT2D eigenvalue weighted by molar-refractivity contribution is -0.384. The fourth-order valence-corrected chi connectivity index (χ4v) is 4.00. The molecule has 162 valence electrons. The molecule has 0 spiro atoms. The molecular weight excluding hydrogens is 456 g/mol. The fourth-order valence-electron chi connectivity index (χ4n) is 2.96. The third-order valence-corrected chi connectivity index (χ3v) is 5.77. The van der Waals surface area contributed by atoms with Crippen molar-refractivity contribution in [1.29, 1.82) is 0 Å². The van der Waals surface area contributed by atoms with Crippen molar-refractivity contribution in [2.45, 2.75) is 0 Å². The van der Waals surface area contributed by atoms with Crippen LogP contribution < -0.4 is 4.74 Å². The third kappa shape index (κ3) is 4.68. The predicted molar refractivity (Wildman–Crippen MR) is 120 cm³/mol. The zero-order valence-corrected chi connectivity index (χ0v) is 18.0. The van der Waals surface area contributed by atoms with Gasteiger partial charge in [0, 0.05) is 23.8 Å². The SMILES string of the molecule is O=C1S/C(=C\c2ccc(-c3ccc([N+](=O)[O-])cc3)o2)C(=O)N1CCOc1ccccc1Cl. The summed E-state index contributed by atoms with van der Waals surface area (Å²) in [7, 11) is 0. The standard InChI is InChI=1S/C22H15ClN2O6S/c23-17-3-1-2-4-19(17)30-12-11-24-21(26)20(32-22(24)27)13-16-9-10-18(31-16)14-5-7-15(8-6-14)25(28)29/h1-10,13H,11-12H2/b20-13-. The molecule has 0 atom stereocenters. The predicted octanol–water partition coefficient (Wildman–Crippen LogP) is 5.62. The van der Waals surface area contributed by atoms with Crippen molar-refractivity contribution in [3.8, 4) is 17.1 Å². The number of furan rings is 1. The van der Waals surface area contributed by atoms with E-state index in [9.17, 15) is 19.7 Å². The maximum absolute atomic E-state index is 12.6. The van der Waals surface area contributed by atoms with Crippen molar-refractivity contribution in [2.75, 3.05) is 13.2 Å². The summed E-state index contributed by atoms with van der Waals surface area (Å²) in [5.41, 5.74) is 0.632. The van der Waals surface area contributed by atoms with Crippen molar-refractivity contribution < 1.29 is 23.7 Å². The van der Waals surface area contributed by atoms with Gasteiger partial charge >= 0.3 is 0 Å². The minimum atomic E-state index is -0.479. The Morgan fingerprint density at radius 3 is 2.56 bits per heavy atom. The highest BCUT2D eigenvalue weighted by molar-refractivity contribution is 8.18. The van der Waals surface area contributed by atoms with Gasteiger partial charge in [0.2, 0.25) is 0 Å². The smallest absolute Gasteiger partial charge is 0.293 e. The lowest BCUT2D eigenvalue weighted by Crippen LogP contribution is -2.32. The zero-order chi connectivity index (χ0) is 22.7. The van der Waals surface area contributed by atoms with E-state index in [1.54, 1.807) is 48.5 Å². The second-order valence-corrected chi connectivity index (χ2v) is 8.02. The van der Waals surface area contributed by atoms with E-state index in [1.165, 1.54) is 18.2 Å². The molecule has 1 saturated heterocycles. The number of carbonyl (C=O) groups excluding carboxylic acids is 2. The summed E-state index contributed by atoms with van der Waals surface area (Å²) in [4.78, 5) is 36.5. The molecule has 10 heteroatoms. The van der Waals surface area contributed by atoms with Gasteiger partial charge in [-0.1, -0.05) is 23.7 Å². The number of ether oxygens (including phenoxy) is 1. The summed E-state index contributed by atoms with van der Waals surface area (Å²) in [5, 5.41) is 10.8. The van der Waals surface area contributed by atoms with Gasteiger partial charge in [-0.2, -0.15) is 0 Å². The number of rotatable bonds is 7. The Balaban J connectivity index is 1.41. The molecule has 0 N–H and O–H groups in total. The molecule has 3 aromatic rings. The number of non-ortho nitro benzene ring substituents is 1. The van der Waals surface area contributed by atoms with E-state index in [-0.39, 0.29) is 23.7 Å². The summed E-state index contributed by atoms with van der Waals surface area (Å²) in [6.07, 6.45) is 1.49. The first-order valence-corrected chi connectivity index (χ1v) is 10.6. The Morgan fingerprint density at radius 1 is 1.09 bits per heavy atom. The number of halogens is 1. The van der Waals surface area contributed by atoms with Crippen LogP contribution in [0.15, 0.2) is 70.0 Å². The average molecular weight is 471 g/mol. The molecule has 0 unspecified atom stereocenters. The van der Waals surface area contributed by atoms with Crippen molar-refractivity contribution in [2.24, 2.45) is 0 Å². The van der Waals surface area contributed by atoms with Gasteiger partial charge < -0.3 is 9.15 Å². The van der Waals surface area contributed by atoms with E-state index in [0.29, 0.717) is 27.9 Å². The van der Waals surface area contributed by atoms with Gasteiger partial charge in [-0.3, -0.25) is 24.6 Å². The van der Waals surface area contributed by atoms with Gasteiger partial charge in [0.25, 0.3) is 16.8 Å². The molecule has 1 aromatic heterocycles. The van der Waals surface area contributed by atoms with Crippen molar-refractivity contribution >= 4 is 46.3 Å². The lowest BCUT2D eigenvalue weighted by Gasteiger charge is -2.13. The maximum atomic E-state index is 12.6. The summed E-state index contributed by atoms with van der Waals surface area (Å²) in [6.45, 7) is 0.194. The van der Waals surface area contributed by atoms with Gasteiger partial charge in [-0.05, 0) is 48.2 Å². The Morgan fingerprint density at radius 2 is 1.84 bits per heavy atom. The van der Waals surface area contributed by atoms with E-state index in [0.717, 1.165) is 16.7 Å². The molecule has 4 rings (SSSR count). The minimum Gasteiger partial charge on any atom is -0.490 e. The summed E-state index contributed by atoms with van der Waals surface area (Å²) < 4.78 is 11.3. The number of carbonyl (C=O) groups is 2. The number of para-hydroxylation sites is 1. The number of nitro groups is 1. The number of thioether (sulfide) groups is 1. The molecule has 2 heterocycles. The first-order valence-electron chi connectivity index (χ1n) is 9.40. The Hall–Kier alpha value is -3.56. The molecule has 0 saturated carbocycles. The molecule has 32 heavy (non-hydrogen) atoms. The second-order valence-electron chi connectivity index (χ2n) is 6.62. The number of benzene rings is 2. The lowest BCUT2D eigenvalue weighted by atomic mass is 10.1. The molecule has 0 radical (unpaired) electrons. The maximum Gasteiger partial charge on any atom is 0.293 e. The van der Waals surface area contributed by atoms with Crippen molar-refractivity contribution in [1.82, 2.24) is 4.90 Å². The van der Waals surface area contributed by atoms with Crippen LogP contribution in [-0.2, 0) is 4.79 Å². The van der Waals surface area contributed by atoms with E-state index >= 15 is 0 Å². The van der Waals surface area contributed by atoms with Gasteiger partial charge in [0.05, 0.1) is 21.4 Å². The largest absolute Gasteiger partial charge is 0.490 e. The van der Waals surface area contributed by atoms with Crippen LogP contribution in [0.4, 0.5) is 10.5 Å². The highest BCUT2D eigenvalue weighted by Gasteiger charge is 2.35. The number of imide groups is 1. The van der Waals surface area contributed by atoms with E-state index in [4.69, 9.17) is 20.8 Å². The highest BCUT2D eigenvalue weighted by atomic mass is 35.5. The van der Waals surface area contributed by atoms with Crippen LogP contribution in [0, 0.1) is 10.1 Å². The first kappa shape index (κ1) is 21.7. The van der Waals surface area contributed by atoms with Crippen LogP contribution in [0.3, 0.4) is 0 Å². The number of hydrogen-bond donors (Lipinski definition) is 0. The minimum absolute atomic E-state index is 0.0206. The van der Waals surface area contributed by atoms with Crippen molar-refractivity contribution in [3.05, 3.63) is 86.5 Å². The molecule has 2 amide bonds. The highest BCUT2D eigenvalue weighted by Crippen LogP contribution is 2.33. The number of amides is 2. The van der Waals surface area contributed by atoms with Crippen LogP contribution in [-0.4, -0.2) is 34.1 Å². The number of hydrogen-bond acceptors (Lipinski definition) is 7. The molecule has 2 aromatic carbocycles. The van der Waals surface area contributed by atoms with Crippen LogP contribution >= 0.6 is 23.4 Å². The van der Waals surface area contributed by atoms with E-state index in [2.05, 4.69) is 0 Å². The first-order chi connectivity index (χ1) is 15.4. The third-order valence-electron chi connectivity index (χ3n) is 4.55. The van der Waals surface area contributed by atoms with Crippen LogP contribution in [0.2, 0.25) is 5.02 Å². The summed E-state index contributed by atoms with van der Waals surface area (Å²) >= 11 is 6.85. The van der Waals surface area contributed by atoms with Gasteiger partial charge in [0.15, 0.2) is 0 Å². The Labute approximate surface area is 191 Å². The molecule has 0 aliphatic carbocycles. The van der Waals surface area contributed by atoms with Gasteiger partial charge in [-0.25, -0.2) is 0 Å². The second kappa shape index (κ2) is 9.29. The van der Waals surface area contributed by atoms with Gasteiger partial charge in [0.1, 0.15) is 23.9 Å². The number of nitrogens with zero attached hydrogens (tertiary/aromatic N) is 2. The van der Waals surface area contributed by atoms with Crippen LogP contribution in [0.1, 0.15) is 5.76 Å². The Kier molecular flexibility index (Phi) is 6.29. The molecular formula is C22H15ClN2O6S. The van der Waals surface area contributed by atoms with Crippen LogP contribution in [0.25, 0.3) is 17.4 Å². The van der Waals surface area contributed by atoms with Crippen molar-refractivity contribution in [3.63, 3.8) is 0 Å². The monoisotopic (exact) mass is 470 g/mol. The quantitative estimate of drug-likeness (QED) is 0.250. The average Bonchev–Trinajstić information content (AvgIpc) is 3.35. The van der Waals surface area contributed by atoms with Crippen LogP contribution in [0.5, 0.6) is 5.75 Å². The van der Waals surface area contributed by atoms with E-state index in [1.807, 2.05) is 0 Å². The summed E-state index contributed by atoms with van der Waals surface area (Å²) in [6, 6.07) is 16.2. The zero-order valence-electron chi connectivity index (χ0n) is 16.4. The fraction of sp³-hybridized carbons (Fsp3) is 0.0909. The number of nitro benzene ring substituents is 1. The van der Waals surface area contributed by atoms with E-state index < -0.39 is 16.1 Å². The molecule has 1 fully saturated rings. The molecule has 1 aliphatic heterocycles. The summed E-state index contributed by atoms with van der Waals surface area (Å²) in [5.74, 6) is 0.914. The topological polar surface area (TPSA) is 103 Å².